The minimum absolute atomic E-state index is 0.199. The lowest BCUT2D eigenvalue weighted by Crippen LogP contribution is -2.86. The molecule has 1 aliphatic rings. The molecule has 0 aliphatic carbocycles. The van der Waals surface area contributed by atoms with Crippen LogP contribution in [0, 0.1) is 11.3 Å². The molecule has 9 heteroatoms. The Balaban J connectivity index is 2.89. The zero-order valence-electron chi connectivity index (χ0n) is 17.3. The molecule has 0 radical (unpaired) electrons. The Hall–Kier alpha value is -0.170. The quantitative estimate of drug-likeness (QED) is 0.183. The zero-order chi connectivity index (χ0) is 21.5. The lowest BCUT2D eigenvalue weighted by atomic mass is 9.83. The SMILES string of the molecule is CC(I)C(=O)OCC(C)(COC(=O)C(C)I)C(=O)OC(C)(C)C1CC[NH2+]CC1. The molecular formula is C19H32I2NO6+. The van der Waals surface area contributed by atoms with Gasteiger partial charge in [-0.1, -0.05) is 45.2 Å². The molecule has 1 aliphatic heterocycles. The lowest BCUT2D eigenvalue weighted by Gasteiger charge is -2.38. The van der Waals surface area contributed by atoms with Crippen molar-refractivity contribution in [2.75, 3.05) is 26.3 Å². The minimum atomic E-state index is -1.26. The second kappa shape index (κ2) is 11.3. The second-order valence-corrected chi connectivity index (χ2v) is 11.9. The molecular weight excluding hydrogens is 592 g/mol. The molecule has 2 unspecified atom stereocenters. The van der Waals surface area contributed by atoms with E-state index in [1.807, 2.05) is 59.0 Å². The van der Waals surface area contributed by atoms with Crippen molar-refractivity contribution < 1.29 is 33.9 Å². The average molecular weight is 624 g/mol. The molecule has 1 saturated heterocycles. The number of carbonyl (C=O) groups is 3. The van der Waals surface area contributed by atoms with Crippen LogP contribution in [-0.2, 0) is 28.6 Å². The summed E-state index contributed by atoms with van der Waals surface area (Å²) in [6.07, 6.45) is 1.94. The van der Waals surface area contributed by atoms with Gasteiger partial charge in [-0.05, 0) is 34.6 Å². The molecule has 0 amide bonds. The number of carbonyl (C=O) groups excluding carboxylic acids is 3. The van der Waals surface area contributed by atoms with Crippen LogP contribution in [0.5, 0.6) is 0 Å². The number of piperidine rings is 1. The summed E-state index contributed by atoms with van der Waals surface area (Å²) >= 11 is 3.90. The van der Waals surface area contributed by atoms with Crippen LogP contribution in [0.25, 0.3) is 0 Å². The number of esters is 3. The molecule has 1 fully saturated rings. The van der Waals surface area contributed by atoms with Crippen molar-refractivity contribution in [3.8, 4) is 0 Å². The molecule has 162 valence electrons. The van der Waals surface area contributed by atoms with E-state index in [2.05, 4.69) is 5.32 Å². The molecule has 7 nitrogen and oxygen atoms in total. The molecule has 1 heterocycles. The third-order valence-electron chi connectivity index (χ3n) is 4.99. The van der Waals surface area contributed by atoms with E-state index in [0.717, 1.165) is 25.9 Å². The van der Waals surface area contributed by atoms with E-state index in [0.29, 0.717) is 0 Å². The first-order chi connectivity index (χ1) is 12.9. The third kappa shape index (κ3) is 7.92. The number of rotatable bonds is 9. The third-order valence-corrected chi connectivity index (χ3v) is 6.00. The van der Waals surface area contributed by atoms with Gasteiger partial charge in [0.25, 0.3) is 0 Å². The van der Waals surface area contributed by atoms with Crippen LogP contribution < -0.4 is 5.32 Å². The number of halogens is 2. The van der Waals surface area contributed by atoms with Crippen molar-refractivity contribution in [2.45, 2.75) is 60.9 Å². The fourth-order valence-electron chi connectivity index (χ4n) is 2.92. The van der Waals surface area contributed by atoms with Gasteiger partial charge in [0.15, 0.2) is 0 Å². The largest absolute Gasteiger partial charge is 0.464 e. The van der Waals surface area contributed by atoms with Crippen molar-refractivity contribution in [1.29, 1.82) is 0 Å². The summed E-state index contributed by atoms with van der Waals surface area (Å²) < 4.78 is 15.8. The summed E-state index contributed by atoms with van der Waals surface area (Å²) in [6.45, 7) is 10.5. The molecule has 0 aromatic rings. The fraction of sp³-hybridized carbons (Fsp3) is 0.842. The average Bonchev–Trinajstić information content (AvgIpc) is 2.64. The van der Waals surface area contributed by atoms with E-state index in [4.69, 9.17) is 14.2 Å². The zero-order valence-corrected chi connectivity index (χ0v) is 21.6. The van der Waals surface area contributed by atoms with E-state index in [9.17, 15) is 14.4 Å². The molecule has 0 aromatic heterocycles. The number of hydrogen-bond acceptors (Lipinski definition) is 6. The molecule has 2 N–H and O–H groups in total. The van der Waals surface area contributed by atoms with Crippen LogP contribution in [0.1, 0.15) is 47.5 Å². The monoisotopic (exact) mass is 624 g/mol. The second-order valence-electron chi connectivity index (χ2n) is 8.14. The highest BCUT2D eigenvalue weighted by Gasteiger charge is 2.44. The maximum Gasteiger partial charge on any atom is 0.319 e. The number of nitrogens with two attached hydrogens (primary N) is 1. The van der Waals surface area contributed by atoms with Crippen molar-refractivity contribution in [1.82, 2.24) is 0 Å². The molecule has 0 aromatic carbocycles. The van der Waals surface area contributed by atoms with E-state index in [-0.39, 0.29) is 27.0 Å². The van der Waals surface area contributed by atoms with E-state index >= 15 is 0 Å². The topological polar surface area (TPSA) is 95.5 Å². The van der Waals surface area contributed by atoms with E-state index in [1.54, 1.807) is 20.8 Å². The molecule has 2 atom stereocenters. The maximum absolute atomic E-state index is 13.1. The van der Waals surface area contributed by atoms with Gasteiger partial charge in [0.2, 0.25) is 0 Å². The first-order valence-electron chi connectivity index (χ1n) is 9.55. The van der Waals surface area contributed by atoms with Crippen LogP contribution >= 0.6 is 45.2 Å². The van der Waals surface area contributed by atoms with Gasteiger partial charge in [-0.3, -0.25) is 14.4 Å². The molecule has 0 saturated carbocycles. The molecule has 28 heavy (non-hydrogen) atoms. The van der Waals surface area contributed by atoms with E-state index < -0.39 is 28.9 Å². The summed E-state index contributed by atoms with van der Waals surface area (Å²) in [4.78, 5) is 36.9. The predicted molar refractivity (Wildman–Crippen MR) is 122 cm³/mol. The summed E-state index contributed by atoms with van der Waals surface area (Å²) in [6, 6.07) is 0. The highest BCUT2D eigenvalue weighted by molar-refractivity contribution is 14.1. The standard InChI is InChI=1S/C19H31I2NO6/c1-12(20)15(23)26-10-19(5,11-27-16(24)13(2)21)17(25)28-18(3,4)14-6-8-22-9-7-14/h12-14,22H,6-11H2,1-5H3/p+1. The minimum Gasteiger partial charge on any atom is -0.464 e. The molecule has 1 rings (SSSR count). The van der Waals surface area contributed by atoms with Crippen LogP contribution in [-0.4, -0.2) is 57.7 Å². The normalized spacial score (nSPS) is 19.8. The van der Waals surface area contributed by atoms with Gasteiger partial charge in [0.05, 0.1) is 13.1 Å². The number of ether oxygens (including phenoxy) is 3. The highest BCUT2D eigenvalue weighted by atomic mass is 127. The maximum atomic E-state index is 13.1. The Bertz CT molecular complexity index is 535. The van der Waals surface area contributed by atoms with Gasteiger partial charge in [-0.15, -0.1) is 0 Å². The van der Waals surface area contributed by atoms with Crippen molar-refractivity contribution in [2.24, 2.45) is 11.3 Å². The van der Waals surface area contributed by atoms with Gasteiger partial charge in [0, 0.05) is 18.8 Å². The van der Waals surface area contributed by atoms with Gasteiger partial charge in [-0.25, -0.2) is 0 Å². The smallest absolute Gasteiger partial charge is 0.319 e. The Labute approximate surface area is 194 Å². The van der Waals surface area contributed by atoms with Gasteiger partial charge >= 0.3 is 17.9 Å². The van der Waals surface area contributed by atoms with Crippen molar-refractivity contribution in [3.63, 3.8) is 0 Å². The summed E-state index contributed by atoms with van der Waals surface area (Å²) in [5.74, 6) is -1.10. The Morgan fingerprint density at radius 3 is 1.79 bits per heavy atom. The predicted octanol–water partition coefficient (Wildman–Crippen LogP) is 2.02. The Kier molecular flexibility index (Phi) is 10.4. The van der Waals surface area contributed by atoms with Gasteiger partial charge in [-0.2, -0.15) is 0 Å². The Morgan fingerprint density at radius 2 is 1.39 bits per heavy atom. The summed E-state index contributed by atoms with van der Waals surface area (Å²) in [5, 5.41) is 2.26. The van der Waals surface area contributed by atoms with Crippen LogP contribution in [0.15, 0.2) is 0 Å². The van der Waals surface area contributed by atoms with Crippen LogP contribution in [0.4, 0.5) is 0 Å². The number of quaternary nitrogens is 1. The van der Waals surface area contributed by atoms with Gasteiger partial charge in [0.1, 0.15) is 32.1 Å². The van der Waals surface area contributed by atoms with Crippen molar-refractivity contribution >= 4 is 63.1 Å². The number of hydrogen-bond donors (Lipinski definition) is 1. The number of alkyl halides is 2. The van der Waals surface area contributed by atoms with Gasteiger partial charge < -0.3 is 19.5 Å². The van der Waals surface area contributed by atoms with E-state index in [1.165, 1.54) is 0 Å². The van der Waals surface area contributed by atoms with Crippen LogP contribution in [0.3, 0.4) is 0 Å². The molecule has 0 bridgehead atoms. The van der Waals surface area contributed by atoms with Crippen molar-refractivity contribution in [3.05, 3.63) is 0 Å². The first kappa shape index (κ1) is 25.9. The fourth-order valence-corrected chi connectivity index (χ4v) is 3.28. The summed E-state index contributed by atoms with van der Waals surface area (Å²) in [5.41, 5.74) is -1.91. The first-order valence-corrected chi connectivity index (χ1v) is 12.0. The van der Waals surface area contributed by atoms with Crippen LogP contribution in [0.2, 0.25) is 0 Å². The Morgan fingerprint density at radius 1 is 0.964 bits per heavy atom. The summed E-state index contributed by atoms with van der Waals surface area (Å²) in [7, 11) is 0. The highest BCUT2D eigenvalue weighted by Crippen LogP contribution is 2.32. The lowest BCUT2D eigenvalue weighted by molar-refractivity contribution is -0.665. The molecule has 0 spiro atoms.